The van der Waals surface area contributed by atoms with Crippen LogP contribution in [0.2, 0.25) is 0 Å². The van der Waals surface area contributed by atoms with Gasteiger partial charge in [-0.25, -0.2) is 18.7 Å². The fourth-order valence-corrected chi connectivity index (χ4v) is 2.48. The number of anilines is 3. The molecule has 2 aromatic carbocycles. The van der Waals surface area contributed by atoms with Crippen molar-refractivity contribution in [2.45, 2.75) is 13.8 Å². The number of hydrogen-bond acceptors (Lipinski definition) is 5. The molecule has 8 heteroatoms. The highest BCUT2D eigenvalue weighted by Gasteiger charge is 2.14. The maximum atomic E-state index is 13.4. The zero-order valence-electron chi connectivity index (χ0n) is 15.3. The van der Waals surface area contributed by atoms with Gasteiger partial charge in [0.05, 0.1) is 12.3 Å². The maximum absolute atomic E-state index is 13.4. The summed E-state index contributed by atoms with van der Waals surface area (Å²) in [4.78, 5) is 21.0. The molecule has 2 N–H and O–H groups in total. The molecular weight excluding hydrogens is 366 g/mol. The molecule has 6 nitrogen and oxygen atoms in total. The van der Waals surface area contributed by atoms with Crippen LogP contribution >= 0.6 is 0 Å². The van der Waals surface area contributed by atoms with E-state index in [-0.39, 0.29) is 17.3 Å². The molecule has 0 saturated carbocycles. The minimum atomic E-state index is -0.997. The van der Waals surface area contributed by atoms with Crippen LogP contribution in [0, 0.1) is 18.6 Å². The second kappa shape index (κ2) is 8.43. The molecule has 0 aliphatic heterocycles. The predicted molar refractivity (Wildman–Crippen MR) is 102 cm³/mol. The third kappa shape index (κ3) is 4.59. The number of carbonyl (C=O) groups excluding carboxylic acids is 1. The quantitative estimate of drug-likeness (QED) is 0.656. The van der Waals surface area contributed by atoms with Gasteiger partial charge in [-0.3, -0.25) is 4.79 Å². The van der Waals surface area contributed by atoms with Crippen LogP contribution in [-0.2, 0) is 0 Å². The zero-order valence-corrected chi connectivity index (χ0v) is 15.3. The van der Waals surface area contributed by atoms with Crippen molar-refractivity contribution < 1.29 is 18.3 Å². The first kappa shape index (κ1) is 19.2. The van der Waals surface area contributed by atoms with E-state index in [1.54, 1.807) is 31.2 Å². The van der Waals surface area contributed by atoms with Crippen LogP contribution < -0.4 is 15.4 Å². The third-order valence-corrected chi connectivity index (χ3v) is 3.70. The van der Waals surface area contributed by atoms with Gasteiger partial charge in [-0.05, 0) is 44.2 Å². The Kier molecular flexibility index (Phi) is 5.78. The zero-order chi connectivity index (χ0) is 20.1. The lowest BCUT2D eigenvalue weighted by molar-refractivity contribution is 0.102. The summed E-state index contributed by atoms with van der Waals surface area (Å²) < 4.78 is 31.9. The Morgan fingerprint density at radius 3 is 2.61 bits per heavy atom. The monoisotopic (exact) mass is 384 g/mol. The van der Waals surface area contributed by atoms with Gasteiger partial charge in [0.1, 0.15) is 11.4 Å². The first-order valence-corrected chi connectivity index (χ1v) is 8.57. The smallest absolute Gasteiger partial charge is 0.274 e. The van der Waals surface area contributed by atoms with E-state index in [4.69, 9.17) is 4.74 Å². The van der Waals surface area contributed by atoms with E-state index in [1.165, 1.54) is 12.1 Å². The first-order valence-electron chi connectivity index (χ1n) is 8.57. The summed E-state index contributed by atoms with van der Waals surface area (Å²) in [5, 5.41) is 5.52. The topological polar surface area (TPSA) is 76.1 Å². The van der Waals surface area contributed by atoms with Gasteiger partial charge >= 0.3 is 0 Å². The van der Waals surface area contributed by atoms with Gasteiger partial charge in [0, 0.05) is 17.4 Å². The number of nitrogens with zero attached hydrogens (tertiary/aromatic N) is 2. The third-order valence-electron chi connectivity index (χ3n) is 3.70. The minimum absolute atomic E-state index is 0.0919. The number of halogens is 2. The standard InChI is InChI=1S/C20H18F2N4O2/c1-3-28-18-7-5-4-6-16(18)25-19(27)17-10-12(2)23-20(26-17)24-13-8-9-14(21)15(22)11-13/h4-11H,3H2,1-2H3,(H,25,27)(H,23,24,26). The number of hydrogen-bond donors (Lipinski definition) is 2. The first-order chi connectivity index (χ1) is 13.5. The molecule has 1 amide bonds. The highest BCUT2D eigenvalue weighted by atomic mass is 19.2. The van der Waals surface area contributed by atoms with E-state index in [0.717, 1.165) is 12.1 Å². The van der Waals surface area contributed by atoms with E-state index >= 15 is 0 Å². The number of aromatic nitrogens is 2. The predicted octanol–water partition coefficient (Wildman–Crippen LogP) is 4.46. The van der Waals surface area contributed by atoms with Crippen molar-refractivity contribution in [1.82, 2.24) is 9.97 Å². The Morgan fingerprint density at radius 1 is 1.07 bits per heavy atom. The number of rotatable bonds is 6. The second-order valence-corrected chi connectivity index (χ2v) is 5.86. The lowest BCUT2D eigenvalue weighted by Gasteiger charge is -2.12. The van der Waals surface area contributed by atoms with Gasteiger partial charge in [0.15, 0.2) is 11.6 Å². The molecule has 0 radical (unpaired) electrons. The van der Waals surface area contributed by atoms with Crippen molar-refractivity contribution in [2.75, 3.05) is 17.2 Å². The van der Waals surface area contributed by atoms with Crippen LogP contribution in [0.1, 0.15) is 23.1 Å². The van der Waals surface area contributed by atoms with Crippen LogP contribution in [0.5, 0.6) is 5.75 Å². The molecule has 0 aliphatic carbocycles. The average molecular weight is 384 g/mol. The molecule has 0 bridgehead atoms. The summed E-state index contributed by atoms with van der Waals surface area (Å²) in [6, 6.07) is 11.9. The summed E-state index contributed by atoms with van der Waals surface area (Å²) >= 11 is 0. The van der Waals surface area contributed by atoms with Crippen LogP contribution in [0.3, 0.4) is 0 Å². The highest BCUT2D eigenvalue weighted by molar-refractivity contribution is 6.03. The lowest BCUT2D eigenvalue weighted by Crippen LogP contribution is -2.16. The molecular formula is C20H18F2N4O2. The second-order valence-electron chi connectivity index (χ2n) is 5.86. The van der Waals surface area contributed by atoms with Crippen molar-refractivity contribution in [3.63, 3.8) is 0 Å². The Labute approximate surface area is 160 Å². The number of benzene rings is 2. The molecule has 0 aliphatic rings. The summed E-state index contributed by atoms with van der Waals surface area (Å²) in [6.45, 7) is 4.01. The van der Waals surface area contributed by atoms with Crippen molar-refractivity contribution in [1.29, 1.82) is 0 Å². The summed E-state index contributed by atoms with van der Waals surface area (Å²) in [5.74, 6) is -1.77. The number of para-hydroxylation sites is 2. The van der Waals surface area contributed by atoms with Crippen LogP contribution in [0.15, 0.2) is 48.5 Å². The van der Waals surface area contributed by atoms with Gasteiger partial charge in [-0.15, -0.1) is 0 Å². The Balaban J connectivity index is 1.82. The lowest BCUT2D eigenvalue weighted by atomic mass is 10.2. The minimum Gasteiger partial charge on any atom is -0.492 e. The van der Waals surface area contributed by atoms with Crippen molar-refractivity contribution in [2.24, 2.45) is 0 Å². The molecule has 144 valence electrons. The van der Waals surface area contributed by atoms with E-state index < -0.39 is 17.5 Å². The SMILES string of the molecule is CCOc1ccccc1NC(=O)c1cc(C)nc(Nc2ccc(F)c(F)c2)n1. The Bertz CT molecular complexity index is 1010. The highest BCUT2D eigenvalue weighted by Crippen LogP contribution is 2.24. The number of aryl methyl sites for hydroxylation is 1. The largest absolute Gasteiger partial charge is 0.492 e. The maximum Gasteiger partial charge on any atom is 0.274 e. The molecule has 1 heterocycles. The normalized spacial score (nSPS) is 10.4. The van der Waals surface area contributed by atoms with Gasteiger partial charge in [-0.2, -0.15) is 0 Å². The van der Waals surface area contributed by atoms with Gasteiger partial charge < -0.3 is 15.4 Å². The molecule has 28 heavy (non-hydrogen) atoms. The van der Waals surface area contributed by atoms with Gasteiger partial charge in [0.2, 0.25) is 5.95 Å². The Morgan fingerprint density at radius 2 is 1.86 bits per heavy atom. The van der Waals surface area contributed by atoms with E-state index in [2.05, 4.69) is 20.6 Å². The van der Waals surface area contributed by atoms with Gasteiger partial charge in [0.25, 0.3) is 5.91 Å². The van der Waals surface area contributed by atoms with Crippen LogP contribution in [0.4, 0.5) is 26.1 Å². The molecule has 0 atom stereocenters. The van der Waals surface area contributed by atoms with Crippen LogP contribution in [0.25, 0.3) is 0 Å². The fraction of sp³-hybridized carbons (Fsp3) is 0.150. The van der Waals surface area contributed by atoms with Crippen LogP contribution in [-0.4, -0.2) is 22.5 Å². The number of carbonyl (C=O) groups is 1. The van der Waals surface area contributed by atoms with E-state index in [9.17, 15) is 13.6 Å². The molecule has 0 saturated heterocycles. The average Bonchev–Trinajstić information content (AvgIpc) is 2.66. The molecule has 3 aromatic rings. The molecule has 0 unspecified atom stereocenters. The van der Waals surface area contributed by atoms with Crippen molar-refractivity contribution >= 4 is 23.2 Å². The summed E-state index contributed by atoms with van der Waals surface area (Å²) in [5.41, 5.74) is 1.42. The van der Waals surface area contributed by atoms with E-state index in [0.29, 0.717) is 23.7 Å². The molecule has 3 rings (SSSR count). The molecule has 0 spiro atoms. The van der Waals surface area contributed by atoms with Gasteiger partial charge in [-0.1, -0.05) is 12.1 Å². The molecule has 1 aromatic heterocycles. The number of amides is 1. The Hall–Kier alpha value is -3.55. The number of nitrogens with one attached hydrogen (secondary N) is 2. The number of ether oxygens (including phenoxy) is 1. The summed E-state index contributed by atoms with van der Waals surface area (Å²) in [7, 11) is 0. The molecule has 0 fully saturated rings. The summed E-state index contributed by atoms with van der Waals surface area (Å²) in [6.07, 6.45) is 0. The van der Waals surface area contributed by atoms with E-state index in [1.807, 2.05) is 6.92 Å². The fourth-order valence-electron chi connectivity index (χ4n) is 2.48. The van der Waals surface area contributed by atoms with Crippen molar-refractivity contribution in [3.05, 3.63) is 71.6 Å². The van der Waals surface area contributed by atoms with Crippen molar-refractivity contribution in [3.8, 4) is 5.75 Å².